The second-order valence-electron chi connectivity index (χ2n) is 6.36. The lowest BCUT2D eigenvalue weighted by atomic mass is 9.72. The number of carbonyl (C=O) groups excluding carboxylic acids is 1. The molecule has 0 spiro atoms. The Labute approximate surface area is 148 Å². The minimum atomic E-state index is -0.755. The topological polar surface area (TPSA) is 59.6 Å². The van der Waals surface area contributed by atoms with Crippen LogP contribution in [0.3, 0.4) is 0 Å². The van der Waals surface area contributed by atoms with Crippen LogP contribution in [0.15, 0.2) is 48.5 Å². The zero-order valence-corrected chi connectivity index (χ0v) is 14.8. The highest BCUT2D eigenvalue weighted by atomic mass is 16.5. The molecule has 0 saturated carbocycles. The predicted octanol–water partition coefficient (Wildman–Crippen LogP) is 2.42. The number of benzene rings is 2. The van der Waals surface area contributed by atoms with E-state index in [0.717, 1.165) is 11.1 Å². The van der Waals surface area contributed by atoms with Crippen molar-refractivity contribution in [1.82, 2.24) is 10.6 Å². The van der Waals surface area contributed by atoms with Crippen LogP contribution in [0.1, 0.15) is 24.1 Å². The fourth-order valence-electron chi connectivity index (χ4n) is 3.44. The summed E-state index contributed by atoms with van der Waals surface area (Å²) < 4.78 is 10.8. The molecule has 2 aromatic rings. The third kappa shape index (κ3) is 3.20. The summed E-state index contributed by atoms with van der Waals surface area (Å²) in [4.78, 5) is 13.0. The molecule has 1 aliphatic rings. The lowest BCUT2D eigenvalue weighted by Crippen LogP contribution is -2.47. The van der Waals surface area contributed by atoms with Crippen molar-refractivity contribution in [2.75, 3.05) is 27.3 Å². The number of carbonyl (C=O) groups is 1. The van der Waals surface area contributed by atoms with E-state index in [0.29, 0.717) is 24.6 Å². The molecule has 25 heavy (non-hydrogen) atoms. The first-order chi connectivity index (χ1) is 12.1. The van der Waals surface area contributed by atoms with E-state index in [1.165, 1.54) is 0 Å². The lowest BCUT2D eigenvalue weighted by Gasteiger charge is -2.36. The molecule has 1 amide bonds. The van der Waals surface area contributed by atoms with Gasteiger partial charge in [-0.3, -0.25) is 4.79 Å². The number of rotatable bonds is 4. The zero-order valence-electron chi connectivity index (χ0n) is 14.8. The Morgan fingerprint density at radius 2 is 1.64 bits per heavy atom. The van der Waals surface area contributed by atoms with Gasteiger partial charge in [-0.15, -0.1) is 0 Å². The molecular formula is C20H24N2O3. The fraction of sp³-hybridized carbons (Fsp3) is 0.350. The summed E-state index contributed by atoms with van der Waals surface area (Å²) in [5.41, 5.74) is 1.17. The smallest absolute Gasteiger partial charge is 0.232 e. The quantitative estimate of drug-likeness (QED) is 0.897. The maximum absolute atomic E-state index is 13.0. The molecule has 5 heteroatoms. The molecule has 2 aromatic carbocycles. The maximum atomic E-state index is 13.0. The van der Waals surface area contributed by atoms with Crippen LogP contribution in [0.25, 0.3) is 0 Å². The molecule has 0 aliphatic carbocycles. The molecular weight excluding hydrogens is 316 g/mol. The van der Waals surface area contributed by atoms with Crippen molar-refractivity contribution >= 4 is 5.91 Å². The average molecular weight is 340 g/mol. The molecule has 5 nitrogen and oxygen atoms in total. The van der Waals surface area contributed by atoms with E-state index in [1.807, 2.05) is 55.5 Å². The van der Waals surface area contributed by atoms with E-state index >= 15 is 0 Å². The molecule has 2 atom stereocenters. The van der Waals surface area contributed by atoms with Crippen LogP contribution in [0.2, 0.25) is 0 Å². The van der Waals surface area contributed by atoms with Gasteiger partial charge in [-0.1, -0.05) is 30.3 Å². The van der Waals surface area contributed by atoms with E-state index < -0.39 is 5.41 Å². The molecule has 1 aliphatic heterocycles. The molecule has 1 saturated heterocycles. The van der Waals surface area contributed by atoms with Gasteiger partial charge in [-0.05, 0) is 30.2 Å². The first-order valence-corrected chi connectivity index (χ1v) is 8.39. The van der Waals surface area contributed by atoms with Crippen LogP contribution in [-0.4, -0.2) is 33.2 Å². The Morgan fingerprint density at radius 1 is 1.00 bits per heavy atom. The van der Waals surface area contributed by atoms with Gasteiger partial charge in [0, 0.05) is 19.2 Å². The van der Waals surface area contributed by atoms with Crippen LogP contribution in [-0.2, 0) is 10.2 Å². The van der Waals surface area contributed by atoms with E-state index in [9.17, 15) is 4.79 Å². The zero-order chi connectivity index (χ0) is 17.9. The van der Waals surface area contributed by atoms with Gasteiger partial charge in [-0.25, -0.2) is 0 Å². The van der Waals surface area contributed by atoms with E-state index in [1.54, 1.807) is 14.2 Å². The Hall–Kier alpha value is -2.53. The third-order valence-corrected chi connectivity index (χ3v) is 4.89. The largest absolute Gasteiger partial charge is 0.497 e. The van der Waals surface area contributed by atoms with Crippen molar-refractivity contribution < 1.29 is 14.3 Å². The predicted molar refractivity (Wildman–Crippen MR) is 97.1 cm³/mol. The lowest BCUT2D eigenvalue weighted by molar-refractivity contribution is -0.126. The van der Waals surface area contributed by atoms with Crippen molar-refractivity contribution in [2.24, 2.45) is 0 Å². The van der Waals surface area contributed by atoms with Gasteiger partial charge in [0.15, 0.2) is 0 Å². The second-order valence-corrected chi connectivity index (χ2v) is 6.36. The number of methoxy groups -OCH3 is 2. The number of ether oxygens (including phenoxy) is 2. The van der Waals surface area contributed by atoms with Crippen LogP contribution in [0, 0.1) is 0 Å². The van der Waals surface area contributed by atoms with Crippen molar-refractivity contribution in [3.05, 3.63) is 59.7 Å². The highest BCUT2D eigenvalue weighted by Crippen LogP contribution is 2.40. The Bertz CT molecular complexity index is 726. The second kappa shape index (κ2) is 7.15. The van der Waals surface area contributed by atoms with Gasteiger partial charge in [0.2, 0.25) is 5.91 Å². The van der Waals surface area contributed by atoms with Gasteiger partial charge < -0.3 is 20.1 Å². The van der Waals surface area contributed by atoms with Crippen molar-refractivity contribution in [3.8, 4) is 11.5 Å². The van der Waals surface area contributed by atoms with Gasteiger partial charge >= 0.3 is 0 Å². The van der Waals surface area contributed by atoms with Crippen LogP contribution >= 0.6 is 0 Å². The van der Waals surface area contributed by atoms with Crippen molar-refractivity contribution in [1.29, 1.82) is 0 Å². The fourth-order valence-corrected chi connectivity index (χ4v) is 3.44. The summed E-state index contributed by atoms with van der Waals surface area (Å²) >= 11 is 0. The first-order valence-electron chi connectivity index (χ1n) is 8.39. The summed E-state index contributed by atoms with van der Waals surface area (Å²) in [5.74, 6) is 1.42. The van der Waals surface area contributed by atoms with Crippen LogP contribution in [0.4, 0.5) is 0 Å². The normalized spacial score (nSPS) is 23.5. The molecule has 2 N–H and O–H groups in total. The summed E-state index contributed by atoms with van der Waals surface area (Å²) in [6, 6.07) is 15.4. The Balaban J connectivity index is 2.15. The van der Waals surface area contributed by atoms with Crippen molar-refractivity contribution in [3.63, 3.8) is 0 Å². The van der Waals surface area contributed by atoms with E-state index in [2.05, 4.69) is 10.6 Å². The maximum Gasteiger partial charge on any atom is 0.232 e. The van der Waals surface area contributed by atoms with Crippen LogP contribution < -0.4 is 20.1 Å². The van der Waals surface area contributed by atoms with E-state index in [4.69, 9.17) is 9.47 Å². The number of nitrogens with one attached hydrogen (secondary N) is 2. The van der Waals surface area contributed by atoms with E-state index in [-0.39, 0.29) is 11.9 Å². The van der Waals surface area contributed by atoms with Gasteiger partial charge in [-0.2, -0.15) is 0 Å². The highest BCUT2D eigenvalue weighted by molar-refractivity contribution is 5.89. The van der Waals surface area contributed by atoms with Crippen molar-refractivity contribution in [2.45, 2.75) is 18.4 Å². The van der Waals surface area contributed by atoms with Gasteiger partial charge in [0.25, 0.3) is 0 Å². The molecule has 3 rings (SSSR count). The minimum absolute atomic E-state index is 0.00971. The molecule has 132 valence electrons. The van der Waals surface area contributed by atoms with Gasteiger partial charge in [0.1, 0.15) is 11.5 Å². The Kier molecular flexibility index (Phi) is 4.95. The number of hydrogen-bond acceptors (Lipinski definition) is 4. The highest BCUT2D eigenvalue weighted by Gasteiger charge is 2.45. The van der Waals surface area contributed by atoms with Gasteiger partial charge in [0.05, 0.1) is 25.7 Å². The monoisotopic (exact) mass is 340 g/mol. The first kappa shape index (κ1) is 17.3. The summed E-state index contributed by atoms with van der Waals surface area (Å²) in [5, 5.41) is 6.55. The molecule has 0 aromatic heterocycles. The molecule has 0 unspecified atom stereocenters. The minimum Gasteiger partial charge on any atom is -0.497 e. The third-order valence-electron chi connectivity index (χ3n) is 4.89. The molecule has 1 fully saturated rings. The summed E-state index contributed by atoms with van der Waals surface area (Å²) in [7, 11) is 3.25. The SMILES string of the molecule is COc1cc(OC)cc([C@H]2NCCNC(=O)[C@@]2(C)c2ccccc2)c1. The summed E-state index contributed by atoms with van der Waals surface area (Å²) in [6.07, 6.45) is 0. The number of hydrogen-bond donors (Lipinski definition) is 2. The molecule has 0 radical (unpaired) electrons. The Morgan fingerprint density at radius 3 is 2.24 bits per heavy atom. The van der Waals surface area contributed by atoms with Crippen LogP contribution in [0.5, 0.6) is 11.5 Å². The standard InChI is InChI=1S/C20H24N2O3/c1-20(15-7-5-4-6-8-15)18(21-9-10-22-19(20)23)14-11-16(24-2)13-17(12-14)25-3/h4-8,11-13,18,21H,9-10H2,1-3H3,(H,22,23)/t18-,20+/m1/s1. The molecule has 1 heterocycles. The number of amides is 1. The average Bonchev–Trinajstić information content (AvgIpc) is 2.81. The molecule has 0 bridgehead atoms. The summed E-state index contributed by atoms with van der Waals surface area (Å²) in [6.45, 7) is 3.27.